The Labute approximate surface area is 128 Å². The van der Waals surface area contributed by atoms with E-state index >= 15 is 0 Å². The smallest absolute Gasteiger partial charge is 0.123 e. The first-order valence-electron chi connectivity index (χ1n) is 7.62. The van der Waals surface area contributed by atoms with E-state index < -0.39 is 0 Å². The van der Waals surface area contributed by atoms with Crippen molar-refractivity contribution in [2.75, 3.05) is 19.6 Å². The largest absolute Gasteiger partial charge is 0.314 e. The third kappa shape index (κ3) is 3.41. The summed E-state index contributed by atoms with van der Waals surface area (Å²) < 4.78 is 14.3. The molecule has 1 aromatic rings. The molecule has 2 heterocycles. The Balaban J connectivity index is 1.54. The topological polar surface area (TPSA) is 15.3 Å². The van der Waals surface area contributed by atoms with Crippen LogP contribution in [0.3, 0.4) is 0 Å². The third-order valence-electron chi connectivity index (χ3n) is 4.70. The highest BCUT2D eigenvalue weighted by Gasteiger charge is 2.28. The molecule has 0 aromatic heterocycles. The number of nitrogens with one attached hydrogen (secondary N) is 1. The average Bonchev–Trinajstić information content (AvgIpc) is 2.98. The van der Waals surface area contributed by atoms with E-state index in [1.54, 1.807) is 12.1 Å². The van der Waals surface area contributed by atoms with Crippen molar-refractivity contribution >= 4 is 15.9 Å². The second-order valence-corrected chi connectivity index (χ2v) is 6.91. The number of halogens is 2. The summed E-state index contributed by atoms with van der Waals surface area (Å²) in [6.07, 6.45) is 5.22. The first-order chi connectivity index (χ1) is 9.72. The van der Waals surface area contributed by atoms with E-state index in [4.69, 9.17) is 0 Å². The Morgan fingerprint density at radius 2 is 2.05 bits per heavy atom. The lowest BCUT2D eigenvalue weighted by Gasteiger charge is -2.35. The molecular formula is C16H22BrFN2. The summed E-state index contributed by atoms with van der Waals surface area (Å²) >= 11 is 3.52. The third-order valence-corrected chi connectivity index (χ3v) is 5.48. The summed E-state index contributed by atoms with van der Waals surface area (Å²) in [5.41, 5.74) is 1.06. The number of rotatable bonds is 3. The minimum absolute atomic E-state index is 0.145. The van der Waals surface area contributed by atoms with Crippen molar-refractivity contribution in [2.24, 2.45) is 5.92 Å². The standard InChI is InChI=1S/C16H22BrFN2/c17-15-4-3-14(18)10-13(15)11-20-8-5-12(6-9-20)16-2-1-7-19-16/h3-4,10,12,16,19H,1-2,5-9,11H2. The molecule has 2 aliphatic heterocycles. The molecular weight excluding hydrogens is 319 g/mol. The summed E-state index contributed by atoms with van der Waals surface area (Å²) in [4.78, 5) is 2.45. The highest BCUT2D eigenvalue weighted by molar-refractivity contribution is 9.10. The van der Waals surface area contributed by atoms with Gasteiger partial charge in [-0.3, -0.25) is 4.90 Å². The van der Waals surface area contributed by atoms with Gasteiger partial charge in [-0.05, 0) is 75.0 Å². The maximum Gasteiger partial charge on any atom is 0.123 e. The van der Waals surface area contributed by atoms with Crippen LogP contribution in [0.4, 0.5) is 4.39 Å². The Kier molecular flexibility index (Phi) is 4.74. The minimum Gasteiger partial charge on any atom is -0.314 e. The fourth-order valence-electron chi connectivity index (χ4n) is 3.53. The van der Waals surface area contributed by atoms with E-state index in [-0.39, 0.29) is 5.82 Å². The van der Waals surface area contributed by atoms with Gasteiger partial charge in [0.15, 0.2) is 0 Å². The molecule has 1 unspecified atom stereocenters. The highest BCUT2D eigenvalue weighted by Crippen LogP contribution is 2.27. The molecule has 110 valence electrons. The minimum atomic E-state index is -0.145. The van der Waals surface area contributed by atoms with Crippen LogP contribution < -0.4 is 5.32 Å². The van der Waals surface area contributed by atoms with Gasteiger partial charge in [-0.15, -0.1) is 0 Å². The lowest BCUT2D eigenvalue weighted by molar-refractivity contribution is 0.157. The van der Waals surface area contributed by atoms with Crippen molar-refractivity contribution in [2.45, 2.75) is 38.3 Å². The fraction of sp³-hybridized carbons (Fsp3) is 0.625. The normalized spacial score (nSPS) is 25.2. The molecule has 2 fully saturated rings. The zero-order chi connectivity index (χ0) is 13.9. The molecule has 0 radical (unpaired) electrons. The zero-order valence-electron chi connectivity index (χ0n) is 11.7. The van der Waals surface area contributed by atoms with Gasteiger partial charge < -0.3 is 5.32 Å². The summed E-state index contributed by atoms with van der Waals surface area (Å²) in [7, 11) is 0. The Hall–Kier alpha value is -0.450. The number of hydrogen-bond donors (Lipinski definition) is 1. The Morgan fingerprint density at radius 1 is 1.25 bits per heavy atom. The van der Waals surface area contributed by atoms with Gasteiger partial charge in [-0.2, -0.15) is 0 Å². The molecule has 1 aromatic carbocycles. The Morgan fingerprint density at radius 3 is 2.75 bits per heavy atom. The molecule has 1 N–H and O–H groups in total. The number of hydrogen-bond acceptors (Lipinski definition) is 2. The average molecular weight is 341 g/mol. The van der Waals surface area contributed by atoms with Crippen LogP contribution in [-0.2, 0) is 6.54 Å². The SMILES string of the molecule is Fc1ccc(Br)c(CN2CCC(C3CCCN3)CC2)c1. The van der Waals surface area contributed by atoms with E-state index in [2.05, 4.69) is 26.1 Å². The van der Waals surface area contributed by atoms with Crippen molar-refractivity contribution in [1.29, 1.82) is 0 Å². The summed E-state index contributed by atoms with van der Waals surface area (Å²) in [5, 5.41) is 3.63. The van der Waals surface area contributed by atoms with Gasteiger partial charge in [0.1, 0.15) is 5.82 Å². The van der Waals surface area contributed by atoms with Gasteiger partial charge in [0, 0.05) is 17.1 Å². The zero-order valence-corrected chi connectivity index (χ0v) is 13.3. The molecule has 1 atom stereocenters. The van der Waals surface area contributed by atoms with Gasteiger partial charge in [0.25, 0.3) is 0 Å². The van der Waals surface area contributed by atoms with Crippen molar-refractivity contribution in [3.8, 4) is 0 Å². The van der Waals surface area contributed by atoms with Crippen LogP contribution >= 0.6 is 15.9 Å². The van der Waals surface area contributed by atoms with Crippen molar-refractivity contribution in [1.82, 2.24) is 10.2 Å². The van der Waals surface area contributed by atoms with Gasteiger partial charge in [-0.25, -0.2) is 4.39 Å². The summed E-state index contributed by atoms with van der Waals surface area (Å²) in [6, 6.07) is 5.71. The molecule has 2 nitrogen and oxygen atoms in total. The second kappa shape index (κ2) is 6.54. The quantitative estimate of drug-likeness (QED) is 0.905. The molecule has 4 heteroatoms. The number of likely N-dealkylation sites (tertiary alicyclic amines) is 1. The van der Waals surface area contributed by atoms with Crippen LogP contribution in [0.15, 0.2) is 22.7 Å². The van der Waals surface area contributed by atoms with E-state index in [9.17, 15) is 4.39 Å². The maximum absolute atomic E-state index is 13.3. The van der Waals surface area contributed by atoms with Crippen molar-refractivity contribution < 1.29 is 4.39 Å². The van der Waals surface area contributed by atoms with E-state index in [1.165, 1.54) is 38.3 Å². The molecule has 0 amide bonds. The van der Waals surface area contributed by atoms with E-state index in [0.717, 1.165) is 41.6 Å². The molecule has 0 aliphatic carbocycles. The van der Waals surface area contributed by atoms with Crippen LogP contribution in [0.2, 0.25) is 0 Å². The van der Waals surface area contributed by atoms with E-state index in [0.29, 0.717) is 0 Å². The van der Waals surface area contributed by atoms with Crippen LogP contribution in [0.25, 0.3) is 0 Å². The first kappa shape index (κ1) is 14.5. The molecule has 0 saturated carbocycles. The summed E-state index contributed by atoms with van der Waals surface area (Å²) in [5.74, 6) is 0.693. The second-order valence-electron chi connectivity index (χ2n) is 6.05. The first-order valence-corrected chi connectivity index (χ1v) is 8.41. The van der Waals surface area contributed by atoms with Gasteiger partial charge in [0.05, 0.1) is 0 Å². The van der Waals surface area contributed by atoms with Crippen LogP contribution in [-0.4, -0.2) is 30.6 Å². The molecule has 3 rings (SSSR count). The monoisotopic (exact) mass is 340 g/mol. The van der Waals surface area contributed by atoms with Crippen LogP contribution in [0, 0.1) is 11.7 Å². The number of benzene rings is 1. The maximum atomic E-state index is 13.3. The predicted octanol–water partition coefficient (Wildman–Crippen LogP) is 3.55. The van der Waals surface area contributed by atoms with Gasteiger partial charge >= 0.3 is 0 Å². The van der Waals surface area contributed by atoms with Gasteiger partial charge in [0.2, 0.25) is 0 Å². The predicted molar refractivity (Wildman–Crippen MR) is 83.1 cm³/mol. The molecule has 0 bridgehead atoms. The molecule has 20 heavy (non-hydrogen) atoms. The van der Waals surface area contributed by atoms with Crippen molar-refractivity contribution in [3.63, 3.8) is 0 Å². The van der Waals surface area contributed by atoms with Crippen LogP contribution in [0.5, 0.6) is 0 Å². The highest BCUT2D eigenvalue weighted by atomic mass is 79.9. The van der Waals surface area contributed by atoms with Gasteiger partial charge in [-0.1, -0.05) is 15.9 Å². The molecule has 2 saturated heterocycles. The lowest BCUT2D eigenvalue weighted by atomic mass is 9.88. The molecule has 0 spiro atoms. The van der Waals surface area contributed by atoms with Crippen LogP contribution in [0.1, 0.15) is 31.2 Å². The summed E-state index contributed by atoms with van der Waals surface area (Å²) in [6.45, 7) is 4.31. The Bertz CT molecular complexity index is 452. The lowest BCUT2D eigenvalue weighted by Crippen LogP contribution is -2.40. The number of nitrogens with zero attached hydrogens (tertiary/aromatic N) is 1. The molecule has 2 aliphatic rings. The van der Waals surface area contributed by atoms with Crippen molar-refractivity contribution in [3.05, 3.63) is 34.1 Å². The fourth-order valence-corrected chi connectivity index (χ4v) is 3.90. The van der Waals surface area contributed by atoms with E-state index in [1.807, 2.05) is 0 Å². The number of piperidine rings is 1.